The molecule has 0 saturated carbocycles. The van der Waals surface area contributed by atoms with Gasteiger partial charge in [0.05, 0.1) is 23.6 Å². The maximum atomic E-state index is 12.6. The Morgan fingerprint density at radius 2 is 1.93 bits per heavy atom. The Labute approximate surface area is 170 Å². The van der Waals surface area contributed by atoms with E-state index in [2.05, 4.69) is 10.3 Å². The van der Waals surface area contributed by atoms with Crippen molar-refractivity contribution >= 4 is 29.3 Å². The van der Waals surface area contributed by atoms with E-state index in [0.29, 0.717) is 18.0 Å². The minimum Gasteiger partial charge on any atom is -0.493 e. The van der Waals surface area contributed by atoms with Crippen molar-refractivity contribution < 1.29 is 32.2 Å². The van der Waals surface area contributed by atoms with Gasteiger partial charge in [0, 0.05) is 6.20 Å². The molecule has 1 amide bonds. The summed E-state index contributed by atoms with van der Waals surface area (Å²) in [6.45, 7) is 3.22. The van der Waals surface area contributed by atoms with E-state index in [0.717, 1.165) is 11.1 Å². The van der Waals surface area contributed by atoms with Gasteiger partial charge in [-0.05, 0) is 37.1 Å². The molecule has 1 N–H and O–H groups in total. The number of carbonyl (C=O) groups excluding carboxylic acids is 2. The Balaban J connectivity index is 1.77. The third kappa shape index (κ3) is 6.94. The van der Waals surface area contributed by atoms with Gasteiger partial charge in [-0.15, -0.1) is 0 Å². The zero-order valence-electron chi connectivity index (χ0n) is 15.6. The van der Waals surface area contributed by atoms with Crippen LogP contribution in [0.1, 0.15) is 23.1 Å². The first-order valence-corrected chi connectivity index (χ1v) is 8.82. The first-order chi connectivity index (χ1) is 13.6. The van der Waals surface area contributed by atoms with E-state index in [1.54, 1.807) is 0 Å². The van der Waals surface area contributed by atoms with Crippen LogP contribution in [0, 0.1) is 13.8 Å². The predicted molar refractivity (Wildman–Crippen MR) is 99.9 cm³/mol. The number of benzene rings is 1. The number of rotatable bonds is 7. The van der Waals surface area contributed by atoms with Crippen LogP contribution in [0.15, 0.2) is 30.5 Å². The number of aryl methyl sites for hydroxylation is 2. The number of nitrogens with one attached hydrogen (secondary N) is 1. The quantitative estimate of drug-likeness (QED) is 0.662. The summed E-state index contributed by atoms with van der Waals surface area (Å²) in [6, 6.07) is 6.32. The average molecular weight is 431 g/mol. The van der Waals surface area contributed by atoms with Crippen LogP contribution in [-0.2, 0) is 20.5 Å². The van der Waals surface area contributed by atoms with E-state index in [1.807, 2.05) is 32.0 Å². The van der Waals surface area contributed by atoms with E-state index in [-0.39, 0.29) is 23.9 Å². The van der Waals surface area contributed by atoms with Crippen LogP contribution in [0.4, 0.5) is 19.0 Å². The smallest absolute Gasteiger partial charge is 0.417 e. The van der Waals surface area contributed by atoms with Crippen molar-refractivity contribution in [2.45, 2.75) is 26.4 Å². The number of anilines is 1. The monoisotopic (exact) mass is 430 g/mol. The van der Waals surface area contributed by atoms with Gasteiger partial charge in [-0.2, -0.15) is 13.2 Å². The number of amides is 1. The lowest BCUT2D eigenvalue weighted by Gasteiger charge is -2.11. The van der Waals surface area contributed by atoms with Crippen LogP contribution >= 0.6 is 11.6 Å². The molecule has 0 aliphatic heterocycles. The zero-order chi connectivity index (χ0) is 21.6. The van der Waals surface area contributed by atoms with E-state index < -0.39 is 30.2 Å². The van der Waals surface area contributed by atoms with Crippen LogP contribution < -0.4 is 10.1 Å². The Kier molecular flexibility index (Phi) is 7.44. The molecule has 0 unspecified atom stereocenters. The van der Waals surface area contributed by atoms with Crippen molar-refractivity contribution in [2.24, 2.45) is 0 Å². The lowest BCUT2D eigenvalue weighted by atomic mass is 10.1. The first-order valence-electron chi connectivity index (χ1n) is 8.44. The highest BCUT2D eigenvalue weighted by molar-refractivity contribution is 6.33. The van der Waals surface area contributed by atoms with Gasteiger partial charge in [-0.1, -0.05) is 23.7 Å². The fraction of sp³-hybridized carbons (Fsp3) is 0.316. The molecule has 6 nitrogen and oxygen atoms in total. The molecule has 0 bridgehead atoms. The molecule has 2 rings (SSSR count). The Morgan fingerprint density at radius 1 is 1.21 bits per heavy atom. The number of aromatic nitrogens is 1. The molecule has 2 aromatic rings. The van der Waals surface area contributed by atoms with Gasteiger partial charge in [0.15, 0.2) is 12.4 Å². The Morgan fingerprint density at radius 3 is 2.59 bits per heavy atom. The van der Waals surface area contributed by atoms with Gasteiger partial charge in [-0.3, -0.25) is 9.59 Å². The van der Waals surface area contributed by atoms with Crippen LogP contribution in [0.3, 0.4) is 0 Å². The van der Waals surface area contributed by atoms with E-state index in [9.17, 15) is 22.8 Å². The number of esters is 1. The van der Waals surface area contributed by atoms with Crippen LogP contribution in [0.5, 0.6) is 5.75 Å². The summed E-state index contributed by atoms with van der Waals surface area (Å²) < 4.78 is 48.0. The molecule has 0 atom stereocenters. The topological polar surface area (TPSA) is 77.5 Å². The summed E-state index contributed by atoms with van der Waals surface area (Å²) in [6.07, 6.45) is -4.15. The van der Waals surface area contributed by atoms with Crippen molar-refractivity contribution in [2.75, 3.05) is 18.5 Å². The highest BCUT2D eigenvalue weighted by Gasteiger charge is 2.31. The zero-order valence-corrected chi connectivity index (χ0v) is 16.4. The number of nitrogens with zero attached hydrogens (tertiary/aromatic N) is 1. The maximum absolute atomic E-state index is 12.6. The molecule has 0 fully saturated rings. The lowest BCUT2D eigenvalue weighted by Crippen LogP contribution is -2.22. The van der Waals surface area contributed by atoms with Gasteiger partial charge < -0.3 is 14.8 Å². The second-order valence-corrected chi connectivity index (χ2v) is 6.54. The maximum Gasteiger partial charge on any atom is 0.417 e. The second kappa shape index (κ2) is 9.60. The number of alkyl halides is 3. The molecule has 0 spiro atoms. The Hall–Kier alpha value is -2.81. The summed E-state index contributed by atoms with van der Waals surface area (Å²) in [5.74, 6) is -1.07. The molecule has 1 heterocycles. The summed E-state index contributed by atoms with van der Waals surface area (Å²) in [7, 11) is 0. The third-order valence-electron chi connectivity index (χ3n) is 3.70. The predicted octanol–water partition coefficient (Wildman–Crippen LogP) is 4.32. The van der Waals surface area contributed by atoms with Crippen molar-refractivity contribution in [1.29, 1.82) is 0 Å². The van der Waals surface area contributed by atoms with Crippen LogP contribution in [0.25, 0.3) is 0 Å². The molecule has 29 heavy (non-hydrogen) atoms. The SMILES string of the molecule is Cc1ccc(C)c(OCCC(=O)OCC(=O)Nc2ncc(C(F)(F)F)cc2Cl)c1. The fourth-order valence-electron chi connectivity index (χ4n) is 2.18. The van der Waals surface area contributed by atoms with Crippen LogP contribution in [0.2, 0.25) is 5.02 Å². The minimum absolute atomic E-state index is 0.0665. The number of pyridine rings is 1. The molecule has 1 aromatic heterocycles. The van der Waals surface area contributed by atoms with Crippen LogP contribution in [-0.4, -0.2) is 30.1 Å². The minimum atomic E-state index is -4.60. The molecule has 156 valence electrons. The van der Waals surface area contributed by atoms with Crippen molar-refractivity contribution in [3.05, 3.63) is 52.2 Å². The molecule has 0 aliphatic carbocycles. The fourth-order valence-corrected chi connectivity index (χ4v) is 2.39. The van der Waals surface area contributed by atoms with Gasteiger partial charge in [0.25, 0.3) is 5.91 Å². The van der Waals surface area contributed by atoms with Gasteiger partial charge >= 0.3 is 12.1 Å². The number of ether oxygens (including phenoxy) is 2. The van der Waals surface area contributed by atoms with E-state index >= 15 is 0 Å². The van der Waals surface area contributed by atoms with Gasteiger partial charge in [-0.25, -0.2) is 4.98 Å². The van der Waals surface area contributed by atoms with Crippen molar-refractivity contribution in [3.63, 3.8) is 0 Å². The normalized spacial score (nSPS) is 11.1. The molecular weight excluding hydrogens is 413 g/mol. The molecule has 0 radical (unpaired) electrons. The highest BCUT2D eigenvalue weighted by atomic mass is 35.5. The molecule has 1 aromatic carbocycles. The number of carbonyl (C=O) groups is 2. The summed E-state index contributed by atoms with van der Waals surface area (Å²) in [5.41, 5.74) is 0.889. The summed E-state index contributed by atoms with van der Waals surface area (Å²) in [4.78, 5) is 27.0. The molecule has 0 saturated heterocycles. The standard InChI is InChI=1S/C19H18ClF3N2O4/c1-11-3-4-12(2)15(7-11)28-6-5-17(27)29-10-16(26)25-18-14(20)8-13(9-24-18)19(21,22)23/h3-4,7-9H,5-6,10H2,1-2H3,(H,24,25,26). The van der Waals surface area contributed by atoms with E-state index in [1.165, 1.54) is 0 Å². The first kappa shape index (κ1) is 22.5. The van der Waals surface area contributed by atoms with E-state index in [4.69, 9.17) is 21.1 Å². The van der Waals surface area contributed by atoms with Gasteiger partial charge in [0.2, 0.25) is 0 Å². The number of hydrogen-bond acceptors (Lipinski definition) is 5. The third-order valence-corrected chi connectivity index (χ3v) is 3.99. The summed E-state index contributed by atoms with van der Waals surface area (Å²) in [5, 5.41) is 1.79. The number of halogens is 4. The Bertz CT molecular complexity index is 904. The summed E-state index contributed by atoms with van der Waals surface area (Å²) >= 11 is 5.69. The van der Waals surface area contributed by atoms with Gasteiger partial charge in [0.1, 0.15) is 5.75 Å². The number of hydrogen-bond donors (Lipinski definition) is 1. The largest absolute Gasteiger partial charge is 0.493 e. The average Bonchev–Trinajstić information content (AvgIpc) is 2.63. The second-order valence-electron chi connectivity index (χ2n) is 6.13. The molecule has 10 heteroatoms. The highest BCUT2D eigenvalue weighted by Crippen LogP contribution is 2.32. The molecule has 0 aliphatic rings. The van der Waals surface area contributed by atoms with Crippen molar-refractivity contribution in [3.8, 4) is 5.75 Å². The van der Waals surface area contributed by atoms with Crippen molar-refractivity contribution in [1.82, 2.24) is 4.98 Å². The lowest BCUT2D eigenvalue weighted by molar-refractivity contribution is -0.147. The molecular formula is C19H18ClF3N2O4.